The molecule has 0 heterocycles. The maximum Gasteiger partial charge on any atom is 0.247 e. The van der Waals surface area contributed by atoms with Crippen molar-refractivity contribution in [3.05, 3.63) is 11.6 Å². The van der Waals surface area contributed by atoms with Crippen molar-refractivity contribution in [3.8, 4) is 0 Å². The van der Waals surface area contributed by atoms with Crippen LogP contribution in [0.5, 0.6) is 0 Å². The highest BCUT2D eigenvalue weighted by atomic mass is 32.2. The normalized spacial score (nSPS) is 23.9. The van der Waals surface area contributed by atoms with Crippen LogP contribution in [-0.2, 0) is 24.2 Å². The summed E-state index contributed by atoms with van der Waals surface area (Å²) in [7, 11) is -1.80. The Hall–Kier alpha value is -2.02. The number of aliphatic hydroxyl groups is 2. The number of nitrogens with one attached hydrogen (secondary N) is 3. The average Bonchev–Trinajstić information content (AvgIpc) is 2.54. The Labute approximate surface area is 157 Å². The lowest BCUT2D eigenvalue weighted by molar-refractivity contribution is -0.126. The van der Waals surface area contributed by atoms with E-state index in [1.54, 1.807) is 7.05 Å². The summed E-state index contributed by atoms with van der Waals surface area (Å²) >= 11 is 0. The molecule has 0 saturated carbocycles. The zero-order chi connectivity index (χ0) is 20.8. The van der Waals surface area contributed by atoms with Crippen molar-refractivity contribution in [3.63, 3.8) is 0 Å². The van der Waals surface area contributed by atoms with E-state index in [9.17, 15) is 33.0 Å². The number of hydrogen-bond donors (Lipinski definition) is 6. The van der Waals surface area contributed by atoms with E-state index >= 15 is 0 Å². The first kappa shape index (κ1) is 23.0. The van der Waals surface area contributed by atoms with Gasteiger partial charge in [-0.05, 0) is 13.5 Å². The van der Waals surface area contributed by atoms with Gasteiger partial charge in [0, 0.05) is 18.2 Å². The van der Waals surface area contributed by atoms with E-state index in [0.29, 0.717) is 0 Å². The molecule has 1 aliphatic carbocycles. The topological polar surface area (TPSA) is 188 Å². The molecule has 4 atom stereocenters. The summed E-state index contributed by atoms with van der Waals surface area (Å²) in [6, 6.07) is -2.21. The highest BCUT2D eigenvalue weighted by Crippen LogP contribution is 2.20. The number of primary amides is 1. The van der Waals surface area contributed by atoms with Gasteiger partial charge in [0.05, 0.1) is 24.4 Å². The number of carbonyl (C=O) groups is 3. The predicted octanol–water partition coefficient (Wildman–Crippen LogP) is -3.85. The fraction of sp³-hybridized carbons (Fsp3) is 0.667. The lowest BCUT2D eigenvalue weighted by atomic mass is 9.89. The zero-order valence-electron chi connectivity index (χ0n) is 15.1. The number of amides is 3. The van der Waals surface area contributed by atoms with E-state index in [2.05, 4.69) is 16.0 Å². The van der Waals surface area contributed by atoms with Crippen LogP contribution in [0, 0.1) is 0 Å². The Morgan fingerprint density at radius 3 is 2.48 bits per heavy atom. The van der Waals surface area contributed by atoms with Gasteiger partial charge >= 0.3 is 0 Å². The Kier molecular flexibility index (Phi) is 8.34. The van der Waals surface area contributed by atoms with Gasteiger partial charge in [-0.3, -0.25) is 14.4 Å². The third-order valence-corrected chi connectivity index (χ3v) is 4.93. The smallest absolute Gasteiger partial charge is 0.247 e. The Morgan fingerprint density at radius 1 is 1.33 bits per heavy atom. The van der Waals surface area contributed by atoms with Crippen molar-refractivity contribution in [2.45, 2.75) is 37.1 Å². The molecule has 154 valence electrons. The Bertz CT molecular complexity index is 707. The first-order valence-corrected chi connectivity index (χ1v) is 10.3. The minimum absolute atomic E-state index is 0.0239. The van der Waals surface area contributed by atoms with Crippen molar-refractivity contribution in [1.29, 1.82) is 0 Å². The molecule has 0 aliphatic heterocycles. The van der Waals surface area contributed by atoms with E-state index in [1.165, 1.54) is 6.08 Å². The average molecular weight is 406 g/mol. The first-order chi connectivity index (χ1) is 12.4. The van der Waals surface area contributed by atoms with Gasteiger partial charge in [0.25, 0.3) is 0 Å². The maximum absolute atomic E-state index is 12.4. The summed E-state index contributed by atoms with van der Waals surface area (Å²) in [6.45, 7) is -0.0239. The molecule has 0 radical (unpaired) electrons. The van der Waals surface area contributed by atoms with Crippen LogP contribution in [0.2, 0.25) is 0 Å². The number of aliphatic hydroxyl groups excluding tert-OH is 2. The van der Waals surface area contributed by atoms with Gasteiger partial charge in [0.15, 0.2) is 0 Å². The molecule has 7 N–H and O–H groups in total. The third kappa shape index (κ3) is 7.62. The molecule has 0 fully saturated rings. The summed E-state index contributed by atoms with van der Waals surface area (Å²) in [5.74, 6) is -2.44. The van der Waals surface area contributed by atoms with Gasteiger partial charge in [-0.25, -0.2) is 8.42 Å². The van der Waals surface area contributed by atoms with Crippen LogP contribution in [0.1, 0.15) is 12.8 Å². The van der Waals surface area contributed by atoms with Gasteiger partial charge in [-0.2, -0.15) is 0 Å². The summed E-state index contributed by atoms with van der Waals surface area (Å²) in [5, 5.41) is 27.4. The van der Waals surface area contributed by atoms with Crippen molar-refractivity contribution >= 4 is 27.6 Å². The number of carbonyl (C=O) groups excluding carboxylic acids is 3. The molecule has 1 aliphatic rings. The second kappa shape index (κ2) is 9.78. The van der Waals surface area contributed by atoms with Gasteiger partial charge in [-0.1, -0.05) is 6.08 Å². The van der Waals surface area contributed by atoms with Crippen molar-refractivity contribution in [2.75, 3.05) is 25.6 Å². The lowest BCUT2D eigenvalue weighted by Gasteiger charge is -2.31. The minimum atomic E-state index is -3.36. The number of hydrogen-bond acceptors (Lipinski definition) is 8. The second-order valence-electron chi connectivity index (χ2n) is 6.42. The molecule has 3 amide bonds. The summed E-state index contributed by atoms with van der Waals surface area (Å²) in [4.78, 5) is 35.5. The van der Waals surface area contributed by atoms with Gasteiger partial charge in [0.1, 0.15) is 22.0 Å². The van der Waals surface area contributed by atoms with Crippen molar-refractivity contribution in [2.24, 2.45) is 5.73 Å². The molecule has 4 unspecified atom stereocenters. The van der Waals surface area contributed by atoms with Crippen molar-refractivity contribution < 1.29 is 33.0 Å². The van der Waals surface area contributed by atoms with E-state index in [4.69, 9.17) is 5.73 Å². The molecule has 0 bridgehead atoms. The van der Waals surface area contributed by atoms with Crippen LogP contribution >= 0.6 is 0 Å². The van der Waals surface area contributed by atoms with Gasteiger partial charge in [0.2, 0.25) is 17.7 Å². The molecule has 0 aromatic carbocycles. The third-order valence-electron chi connectivity index (χ3n) is 3.95. The lowest BCUT2D eigenvalue weighted by Crippen LogP contribution is -2.53. The molecule has 0 aromatic rings. The Morgan fingerprint density at radius 2 is 1.96 bits per heavy atom. The van der Waals surface area contributed by atoms with Gasteiger partial charge in [-0.15, -0.1) is 0 Å². The molecule has 12 heteroatoms. The summed E-state index contributed by atoms with van der Waals surface area (Å²) in [6.07, 6.45) is -0.733. The number of nitrogens with two attached hydrogens (primary N) is 1. The van der Waals surface area contributed by atoms with Crippen LogP contribution in [0.4, 0.5) is 0 Å². The summed E-state index contributed by atoms with van der Waals surface area (Å²) < 4.78 is 22.5. The quantitative estimate of drug-likeness (QED) is 0.224. The zero-order valence-corrected chi connectivity index (χ0v) is 16.0. The molecule has 1 rings (SSSR count). The number of likely N-dealkylation sites (N-methyl/N-ethyl adjacent to an activating group) is 1. The molecule has 11 nitrogen and oxygen atoms in total. The fourth-order valence-electron chi connectivity index (χ4n) is 2.53. The van der Waals surface area contributed by atoms with E-state index < -0.39 is 51.9 Å². The van der Waals surface area contributed by atoms with E-state index in [-0.39, 0.29) is 30.7 Å². The van der Waals surface area contributed by atoms with E-state index in [1.807, 2.05) is 0 Å². The molecule has 0 saturated heterocycles. The second-order valence-corrected chi connectivity index (χ2v) is 8.68. The molecular weight excluding hydrogens is 380 g/mol. The largest absolute Gasteiger partial charge is 0.390 e. The highest BCUT2D eigenvalue weighted by Gasteiger charge is 2.34. The molecule has 0 spiro atoms. The van der Waals surface area contributed by atoms with Crippen LogP contribution < -0.4 is 21.7 Å². The molecule has 0 aromatic heterocycles. The monoisotopic (exact) mass is 406 g/mol. The van der Waals surface area contributed by atoms with Crippen LogP contribution in [0.3, 0.4) is 0 Å². The number of rotatable bonds is 9. The molecular formula is C15H26N4O7S. The predicted molar refractivity (Wildman–Crippen MR) is 96.0 cm³/mol. The number of sulfone groups is 1. The highest BCUT2D eigenvalue weighted by molar-refractivity contribution is 7.90. The maximum atomic E-state index is 12.4. The minimum Gasteiger partial charge on any atom is -0.390 e. The van der Waals surface area contributed by atoms with Gasteiger partial charge < -0.3 is 31.9 Å². The Balaban J connectivity index is 2.88. The van der Waals surface area contributed by atoms with Crippen LogP contribution in [-0.4, -0.2) is 86.2 Å². The summed E-state index contributed by atoms with van der Waals surface area (Å²) in [5.41, 5.74) is 5.23. The van der Waals surface area contributed by atoms with Crippen LogP contribution in [0.25, 0.3) is 0 Å². The first-order valence-electron chi connectivity index (χ1n) is 8.23. The standard InChI is InChI=1S/C15H26N4O7S/c1-17-7-12(21)18-10-5-8(6-11(20)13(10)22)15(24)19-9(14(16)23)3-4-27(2,25)26/h5,9-11,13,17,20,22H,3-4,6-7H2,1-2H3,(H2,16,23)(H,18,21)(H,19,24). The molecule has 27 heavy (non-hydrogen) atoms. The van der Waals surface area contributed by atoms with E-state index in [0.717, 1.165) is 6.26 Å². The fourth-order valence-corrected chi connectivity index (χ4v) is 3.19. The van der Waals surface area contributed by atoms with Crippen molar-refractivity contribution in [1.82, 2.24) is 16.0 Å². The SMILES string of the molecule is CNCC(=O)NC1C=C(C(=O)NC(CCS(C)(=O)=O)C(N)=O)CC(O)C1O. The van der Waals surface area contributed by atoms with Crippen LogP contribution in [0.15, 0.2) is 11.6 Å².